The Labute approximate surface area is 142 Å². The summed E-state index contributed by atoms with van der Waals surface area (Å²) < 4.78 is 5.60. The lowest BCUT2D eigenvalue weighted by molar-refractivity contribution is -0.139. The second-order valence-corrected chi connectivity index (χ2v) is 6.39. The van der Waals surface area contributed by atoms with Gasteiger partial charge in [-0.15, -0.1) is 0 Å². The van der Waals surface area contributed by atoms with Gasteiger partial charge < -0.3 is 9.64 Å². The maximum absolute atomic E-state index is 12.5. The molecule has 2 aromatic carbocycles. The smallest absolute Gasteiger partial charge is 0.316 e. The van der Waals surface area contributed by atoms with Crippen molar-refractivity contribution in [3.63, 3.8) is 0 Å². The van der Waals surface area contributed by atoms with Crippen LogP contribution in [0.15, 0.2) is 42.5 Å². The van der Waals surface area contributed by atoms with Crippen LogP contribution in [0.3, 0.4) is 0 Å². The van der Waals surface area contributed by atoms with Crippen LogP contribution in [0.25, 0.3) is 0 Å². The maximum Gasteiger partial charge on any atom is 0.316 e. The van der Waals surface area contributed by atoms with Crippen LogP contribution >= 0.6 is 0 Å². The number of anilines is 1. The molecule has 2 aromatic rings. The highest BCUT2D eigenvalue weighted by atomic mass is 16.5. The normalized spacial score (nSPS) is 17.2. The molecular weight excluding hydrogens is 302 g/mol. The molecule has 1 amide bonds. The van der Waals surface area contributed by atoms with Gasteiger partial charge in [-0.3, -0.25) is 9.59 Å². The van der Waals surface area contributed by atoms with Crippen LogP contribution in [0.1, 0.15) is 23.1 Å². The predicted molar refractivity (Wildman–Crippen MR) is 93.2 cm³/mol. The van der Waals surface area contributed by atoms with Crippen molar-refractivity contribution in [3.8, 4) is 5.75 Å². The summed E-state index contributed by atoms with van der Waals surface area (Å²) in [5.74, 6) is -0.207. The average Bonchev–Trinajstić information content (AvgIpc) is 2.93. The SMILES string of the molecule is Cc1cccc(N2C[C@@H](C(=O)Oc3c(C)cccc3C)CC2=O)c1. The lowest BCUT2D eigenvalue weighted by atomic mass is 10.1. The first-order valence-electron chi connectivity index (χ1n) is 8.10. The Kier molecular flexibility index (Phi) is 4.38. The molecule has 4 nitrogen and oxygen atoms in total. The average molecular weight is 323 g/mol. The van der Waals surface area contributed by atoms with Gasteiger partial charge in [0.05, 0.1) is 5.92 Å². The molecule has 0 radical (unpaired) electrons. The molecule has 1 atom stereocenters. The summed E-state index contributed by atoms with van der Waals surface area (Å²) in [7, 11) is 0. The van der Waals surface area contributed by atoms with E-state index < -0.39 is 5.92 Å². The molecular formula is C20H21NO3. The second kappa shape index (κ2) is 6.48. The van der Waals surface area contributed by atoms with E-state index in [4.69, 9.17) is 4.74 Å². The number of amides is 1. The number of esters is 1. The van der Waals surface area contributed by atoms with Gasteiger partial charge in [0.25, 0.3) is 0 Å². The number of carbonyl (C=O) groups is 2. The molecule has 124 valence electrons. The fraction of sp³-hybridized carbons (Fsp3) is 0.300. The quantitative estimate of drug-likeness (QED) is 0.641. The van der Waals surface area contributed by atoms with E-state index in [2.05, 4.69) is 0 Å². The second-order valence-electron chi connectivity index (χ2n) is 6.39. The predicted octanol–water partition coefficient (Wildman–Crippen LogP) is 3.57. The molecule has 0 bridgehead atoms. The Hall–Kier alpha value is -2.62. The lowest BCUT2D eigenvalue weighted by Gasteiger charge is -2.17. The van der Waals surface area contributed by atoms with Crippen molar-refractivity contribution in [2.45, 2.75) is 27.2 Å². The largest absolute Gasteiger partial charge is 0.426 e. The van der Waals surface area contributed by atoms with Crippen molar-refractivity contribution in [1.82, 2.24) is 0 Å². The molecule has 3 rings (SSSR count). The third-order valence-corrected chi connectivity index (χ3v) is 4.38. The Morgan fingerprint density at radius 1 is 1.08 bits per heavy atom. The number of ether oxygens (including phenoxy) is 1. The molecule has 0 N–H and O–H groups in total. The number of hydrogen-bond donors (Lipinski definition) is 0. The van der Waals surface area contributed by atoms with E-state index in [1.165, 1.54) is 0 Å². The van der Waals surface area contributed by atoms with Gasteiger partial charge >= 0.3 is 5.97 Å². The van der Waals surface area contributed by atoms with E-state index in [1.807, 2.05) is 63.2 Å². The minimum atomic E-state index is -0.433. The van der Waals surface area contributed by atoms with Gasteiger partial charge in [-0.2, -0.15) is 0 Å². The van der Waals surface area contributed by atoms with Crippen LogP contribution in [-0.4, -0.2) is 18.4 Å². The minimum absolute atomic E-state index is 0.0379. The summed E-state index contributed by atoms with van der Waals surface area (Å²) in [5.41, 5.74) is 3.76. The summed E-state index contributed by atoms with van der Waals surface area (Å²) >= 11 is 0. The highest BCUT2D eigenvalue weighted by molar-refractivity contribution is 5.99. The van der Waals surface area contributed by atoms with E-state index in [0.29, 0.717) is 12.3 Å². The molecule has 0 aromatic heterocycles. The van der Waals surface area contributed by atoms with Gasteiger partial charge in [-0.1, -0.05) is 30.3 Å². The van der Waals surface area contributed by atoms with Crippen LogP contribution in [0, 0.1) is 26.7 Å². The van der Waals surface area contributed by atoms with Gasteiger partial charge in [-0.25, -0.2) is 0 Å². The van der Waals surface area contributed by atoms with Gasteiger partial charge in [0.15, 0.2) is 0 Å². The van der Waals surface area contributed by atoms with Crippen molar-refractivity contribution in [1.29, 1.82) is 0 Å². The zero-order chi connectivity index (χ0) is 17.3. The van der Waals surface area contributed by atoms with Crippen molar-refractivity contribution in [2.24, 2.45) is 5.92 Å². The molecule has 0 saturated carbocycles. The number of nitrogens with zero attached hydrogens (tertiary/aromatic N) is 1. The Morgan fingerprint density at radius 3 is 2.42 bits per heavy atom. The minimum Gasteiger partial charge on any atom is -0.426 e. The molecule has 1 fully saturated rings. The van der Waals surface area contributed by atoms with Crippen LogP contribution < -0.4 is 9.64 Å². The van der Waals surface area contributed by atoms with Crippen LogP contribution in [-0.2, 0) is 9.59 Å². The van der Waals surface area contributed by atoms with E-state index in [0.717, 1.165) is 22.4 Å². The first-order chi connectivity index (χ1) is 11.5. The number of benzene rings is 2. The fourth-order valence-electron chi connectivity index (χ4n) is 3.05. The molecule has 0 unspecified atom stereocenters. The third kappa shape index (κ3) is 3.18. The van der Waals surface area contributed by atoms with E-state index in [9.17, 15) is 9.59 Å². The van der Waals surface area contributed by atoms with Gasteiger partial charge in [0, 0.05) is 18.7 Å². The number of carbonyl (C=O) groups excluding carboxylic acids is 2. The Bertz CT molecular complexity index is 777. The number of para-hydroxylation sites is 1. The highest BCUT2D eigenvalue weighted by Gasteiger charge is 2.36. The van der Waals surface area contributed by atoms with Crippen molar-refractivity contribution < 1.29 is 14.3 Å². The molecule has 0 spiro atoms. The monoisotopic (exact) mass is 323 g/mol. The van der Waals surface area contributed by atoms with Gasteiger partial charge in [-0.05, 0) is 49.6 Å². The van der Waals surface area contributed by atoms with E-state index >= 15 is 0 Å². The van der Waals surface area contributed by atoms with Gasteiger partial charge in [0.2, 0.25) is 5.91 Å². The fourth-order valence-corrected chi connectivity index (χ4v) is 3.05. The number of hydrogen-bond acceptors (Lipinski definition) is 3. The summed E-state index contributed by atoms with van der Waals surface area (Å²) in [4.78, 5) is 26.5. The number of rotatable bonds is 3. The maximum atomic E-state index is 12.5. The Morgan fingerprint density at radius 2 is 1.75 bits per heavy atom. The molecule has 24 heavy (non-hydrogen) atoms. The molecule has 1 aliphatic rings. The van der Waals surface area contributed by atoms with E-state index in [-0.39, 0.29) is 18.3 Å². The molecule has 1 aliphatic heterocycles. The van der Waals surface area contributed by atoms with Gasteiger partial charge in [0.1, 0.15) is 5.75 Å². The first kappa shape index (κ1) is 16.2. The molecule has 1 heterocycles. The summed E-state index contributed by atoms with van der Waals surface area (Å²) in [5, 5.41) is 0. The third-order valence-electron chi connectivity index (χ3n) is 4.38. The zero-order valence-corrected chi connectivity index (χ0v) is 14.2. The van der Waals surface area contributed by atoms with Crippen LogP contribution in [0.4, 0.5) is 5.69 Å². The zero-order valence-electron chi connectivity index (χ0n) is 14.2. The van der Waals surface area contributed by atoms with Crippen molar-refractivity contribution in [2.75, 3.05) is 11.4 Å². The molecule has 4 heteroatoms. The Balaban J connectivity index is 1.75. The topological polar surface area (TPSA) is 46.6 Å². The summed E-state index contributed by atoms with van der Waals surface area (Å²) in [6.07, 6.45) is 0.192. The van der Waals surface area contributed by atoms with Crippen LogP contribution in [0.2, 0.25) is 0 Å². The van der Waals surface area contributed by atoms with E-state index in [1.54, 1.807) is 4.90 Å². The van der Waals surface area contributed by atoms with Crippen LogP contribution in [0.5, 0.6) is 5.75 Å². The first-order valence-corrected chi connectivity index (χ1v) is 8.10. The summed E-state index contributed by atoms with van der Waals surface area (Å²) in [6, 6.07) is 13.5. The molecule has 1 saturated heterocycles. The van der Waals surface area contributed by atoms with Crippen molar-refractivity contribution in [3.05, 3.63) is 59.2 Å². The summed E-state index contributed by atoms with van der Waals surface area (Å²) in [6.45, 7) is 6.17. The highest BCUT2D eigenvalue weighted by Crippen LogP contribution is 2.29. The van der Waals surface area contributed by atoms with Crippen molar-refractivity contribution >= 4 is 17.6 Å². The lowest BCUT2D eigenvalue weighted by Crippen LogP contribution is -2.27. The molecule has 0 aliphatic carbocycles. The standard InChI is InChI=1S/C20H21NO3/c1-13-6-4-9-17(10-13)21-12-16(11-18(21)22)20(23)24-19-14(2)7-5-8-15(19)3/h4-10,16H,11-12H2,1-3H3/t16-/m0/s1. The number of aryl methyl sites for hydroxylation is 3.